The monoisotopic (exact) mass is 529 g/mol. The van der Waals surface area contributed by atoms with E-state index in [9.17, 15) is 13.6 Å². The molecule has 1 aromatic carbocycles. The van der Waals surface area contributed by atoms with Gasteiger partial charge < -0.3 is 29.0 Å². The molecule has 0 unspecified atom stereocenters. The minimum absolute atomic E-state index is 0.0151. The maximum absolute atomic E-state index is 12.8. The van der Waals surface area contributed by atoms with E-state index in [2.05, 4.69) is 25.1 Å². The number of benzene rings is 1. The predicted octanol–water partition coefficient (Wildman–Crippen LogP) is 4.53. The summed E-state index contributed by atoms with van der Waals surface area (Å²) in [6.07, 6.45) is 4.51. The first-order valence-electron chi connectivity index (χ1n) is 11.5. The summed E-state index contributed by atoms with van der Waals surface area (Å²) in [4.78, 5) is 21.4. The number of hydrogen-bond donors (Lipinski definition) is 1. The van der Waals surface area contributed by atoms with Gasteiger partial charge in [0, 0.05) is 17.6 Å². The summed E-state index contributed by atoms with van der Waals surface area (Å²) in [6, 6.07) is 8.43. The van der Waals surface area contributed by atoms with Crippen LogP contribution in [-0.4, -0.2) is 59.7 Å². The summed E-state index contributed by atoms with van der Waals surface area (Å²) in [7, 11) is 3.09. The number of nitrogens with one attached hydrogen (secondary N) is 1. The van der Waals surface area contributed by atoms with E-state index >= 15 is 0 Å². The van der Waals surface area contributed by atoms with E-state index in [1.54, 1.807) is 57.7 Å². The number of anilines is 1. The molecule has 0 saturated carbocycles. The molecule has 0 saturated heterocycles. The van der Waals surface area contributed by atoms with Crippen molar-refractivity contribution in [3.63, 3.8) is 0 Å². The van der Waals surface area contributed by atoms with Gasteiger partial charge in [-0.25, -0.2) is 4.98 Å². The Labute approximate surface area is 216 Å². The first-order valence-corrected chi connectivity index (χ1v) is 11.5. The first-order chi connectivity index (χ1) is 18.4. The van der Waals surface area contributed by atoms with E-state index in [0.29, 0.717) is 33.9 Å². The van der Waals surface area contributed by atoms with E-state index in [1.807, 2.05) is 0 Å². The van der Waals surface area contributed by atoms with Gasteiger partial charge in [0.1, 0.15) is 17.3 Å². The van der Waals surface area contributed by atoms with Gasteiger partial charge in [-0.05, 0) is 31.2 Å². The van der Waals surface area contributed by atoms with E-state index in [0.717, 1.165) is 0 Å². The highest BCUT2D eigenvalue weighted by Crippen LogP contribution is 2.36. The number of halogens is 2. The third-order valence-electron chi connectivity index (χ3n) is 5.22. The zero-order chi connectivity index (χ0) is 27.1. The normalized spacial score (nSPS) is 11.0. The van der Waals surface area contributed by atoms with Crippen LogP contribution in [0.3, 0.4) is 0 Å². The van der Waals surface area contributed by atoms with Gasteiger partial charge in [0.05, 0.1) is 51.9 Å². The molecule has 0 aliphatic heterocycles. The van der Waals surface area contributed by atoms with Crippen molar-refractivity contribution in [1.82, 2.24) is 19.7 Å². The van der Waals surface area contributed by atoms with Crippen LogP contribution < -0.4 is 24.3 Å². The number of methoxy groups -OCH3 is 2. The van der Waals surface area contributed by atoms with Gasteiger partial charge in [-0.2, -0.15) is 13.9 Å². The van der Waals surface area contributed by atoms with Crippen molar-refractivity contribution in [2.24, 2.45) is 0 Å². The summed E-state index contributed by atoms with van der Waals surface area (Å²) >= 11 is 0. The number of aromatic nitrogens is 4. The molecule has 4 aromatic rings. The molecule has 38 heavy (non-hydrogen) atoms. The van der Waals surface area contributed by atoms with E-state index < -0.39 is 12.5 Å². The number of nitrogens with zero attached hydrogens (tertiary/aromatic N) is 4. The Balaban J connectivity index is 1.47. The second kappa shape index (κ2) is 12.1. The Kier molecular flexibility index (Phi) is 8.48. The lowest BCUT2D eigenvalue weighted by Crippen LogP contribution is -2.16. The zero-order valence-electron chi connectivity index (χ0n) is 20.8. The quantitative estimate of drug-likeness (QED) is 0.282. The van der Waals surface area contributed by atoms with Gasteiger partial charge in [-0.1, -0.05) is 0 Å². The summed E-state index contributed by atoms with van der Waals surface area (Å²) in [5.41, 5.74) is 0.640. The highest BCUT2D eigenvalue weighted by Gasteiger charge is 2.19. The van der Waals surface area contributed by atoms with Gasteiger partial charge >= 0.3 is 6.61 Å². The topological polar surface area (TPSA) is 119 Å². The molecule has 0 radical (unpaired) electrons. The van der Waals surface area contributed by atoms with Crippen molar-refractivity contribution in [2.75, 3.05) is 32.8 Å². The van der Waals surface area contributed by atoms with Gasteiger partial charge in [0.2, 0.25) is 0 Å². The van der Waals surface area contributed by atoms with Crippen molar-refractivity contribution in [3.8, 4) is 28.7 Å². The molecule has 0 fully saturated rings. The second-order valence-electron chi connectivity index (χ2n) is 7.64. The third kappa shape index (κ3) is 6.24. The lowest BCUT2D eigenvalue weighted by atomic mass is 10.2. The van der Waals surface area contributed by atoms with E-state index in [4.69, 9.17) is 18.9 Å². The molecule has 1 amide bonds. The molecule has 3 aromatic heterocycles. The average molecular weight is 530 g/mol. The second-order valence-corrected chi connectivity index (χ2v) is 7.64. The van der Waals surface area contributed by atoms with E-state index in [1.165, 1.54) is 17.1 Å². The number of amides is 1. The zero-order valence-corrected chi connectivity index (χ0v) is 20.8. The SMILES string of the molecule is CCOc1cn(CCOC(F)F)nc1C(=O)Nc1ccc(Oc2ccnc3cc(OC)c(OC)cc23)cn1. The Morgan fingerprint density at radius 3 is 2.53 bits per heavy atom. The van der Waals surface area contributed by atoms with Gasteiger partial charge in [0.15, 0.2) is 22.9 Å². The highest BCUT2D eigenvalue weighted by molar-refractivity contribution is 6.04. The van der Waals surface area contributed by atoms with Gasteiger partial charge in [-0.3, -0.25) is 14.5 Å². The maximum atomic E-state index is 12.8. The van der Waals surface area contributed by atoms with Crippen molar-refractivity contribution in [1.29, 1.82) is 0 Å². The molecule has 0 bridgehead atoms. The number of fused-ring (bicyclic) bond motifs is 1. The molecule has 1 N–H and O–H groups in total. The number of alkyl halides is 2. The number of carbonyl (C=O) groups excluding carboxylic acids is 1. The van der Waals surface area contributed by atoms with E-state index in [-0.39, 0.29) is 37.0 Å². The molecule has 200 valence electrons. The number of carbonyl (C=O) groups is 1. The molecule has 0 aliphatic rings. The van der Waals surface area contributed by atoms with Crippen LogP contribution in [0.25, 0.3) is 10.9 Å². The van der Waals surface area contributed by atoms with Crippen LogP contribution in [0.5, 0.6) is 28.7 Å². The molecular formula is C25H25F2N5O6. The van der Waals surface area contributed by atoms with Crippen molar-refractivity contribution < 1.29 is 37.3 Å². The fourth-order valence-electron chi connectivity index (χ4n) is 3.52. The fraction of sp³-hybridized carbons (Fsp3) is 0.280. The standard InChI is InChI=1S/C25H25F2N5O6/c1-4-36-21-14-32(9-10-37-25(26)27)31-23(21)24(33)30-22-6-5-15(13-29-22)38-18-7-8-28-17-12-20(35-3)19(34-2)11-16(17)18/h5-8,11-14,25H,4,9-10H2,1-3H3,(H,29,30,33). The molecule has 0 aliphatic carbocycles. The lowest BCUT2D eigenvalue weighted by molar-refractivity contribution is -0.130. The molecule has 4 rings (SSSR count). The minimum atomic E-state index is -2.89. The fourth-order valence-corrected chi connectivity index (χ4v) is 3.52. The summed E-state index contributed by atoms with van der Waals surface area (Å²) in [6.45, 7) is -1.11. The van der Waals surface area contributed by atoms with Gasteiger partial charge in [-0.15, -0.1) is 0 Å². The van der Waals surface area contributed by atoms with Crippen molar-refractivity contribution in [3.05, 3.63) is 54.6 Å². The average Bonchev–Trinajstić information content (AvgIpc) is 3.31. The van der Waals surface area contributed by atoms with Crippen LogP contribution in [0.15, 0.2) is 48.9 Å². The summed E-state index contributed by atoms with van der Waals surface area (Å²) in [5.74, 6) is 1.89. The van der Waals surface area contributed by atoms with Crippen LogP contribution in [0, 0.1) is 0 Å². The van der Waals surface area contributed by atoms with Crippen LogP contribution >= 0.6 is 0 Å². The molecule has 0 spiro atoms. The molecule has 3 heterocycles. The molecule has 11 nitrogen and oxygen atoms in total. The highest BCUT2D eigenvalue weighted by atomic mass is 19.3. The summed E-state index contributed by atoms with van der Waals surface area (Å²) < 4.78 is 52.2. The first kappa shape index (κ1) is 26.5. The lowest BCUT2D eigenvalue weighted by Gasteiger charge is -2.12. The smallest absolute Gasteiger partial charge is 0.345 e. The molecular weight excluding hydrogens is 504 g/mol. The number of hydrogen-bond acceptors (Lipinski definition) is 9. The Bertz CT molecular complexity index is 1400. The Morgan fingerprint density at radius 2 is 1.84 bits per heavy atom. The number of ether oxygens (including phenoxy) is 5. The Morgan fingerprint density at radius 1 is 1.05 bits per heavy atom. The molecule has 0 atom stereocenters. The van der Waals surface area contributed by atoms with Crippen LogP contribution in [0.1, 0.15) is 17.4 Å². The predicted molar refractivity (Wildman–Crippen MR) is 132 cm³/mol. The van der Waals surface area contributed by atoms with Crippen molar-refractivity contribution in [2.45, 2.75) is 20.1 Å². The maximum Gasteiger partial charge on any atom is 0.345 e. The van der Waals surface area contributed by atoms with Crippen LogP contribution in [0.2, 0.25) is 0 Å². The number of pyridine rings is 2. The summed E-state index contributed by atoms with van der Waals surface area (Å²) in [5, 5.41) is 7.48. The largest absolute Gasteiger partial charge is 0.493 e. The minimum Gasteiger partial charge on any atom is -0.493 e. The van der Waals surface area contributed by atoms with Crippen molar-refractivity contribution >= 4 is 22.6 Å². The van der Waals surface area contributed by atoms with Crippen LogP contribution in [-0.2, 0) is 11.3 Å². The van der Waals surface area contributed by atoms with Crippen LogP contribution in [0.4, 0.5) is 14.6 Å². The van der Waals surface area contributed by atoms with Gasteiger partial charge in [0.25, 0.3) is 5.91 Å². The third-order valence-corrected chi connectivity index (χ3v) is 5.22. The Hall–Kier alpha value is -4.52. The number of rotatable bonds is 12. The molecule has 13 heteroatoms.